The van der Waals surface area contributed by atoms with Gasteiger partial charge in [0.25, 0.3) is 0 Å². The minimum Gasteiger partial charge on any atom is -0.494 e. The standard InChI is InChI=1S/C29H30N4O3/c1-3-13-32-14-16-33(17-15-32)24-18-23(30-19-9-11-20(12-10-19)35-4-2)25-26-27(24)31-36-29(26)22-8-6-5-7-21(22)28(25)34/h5-12,18,30H,3-4,13-17H2,1-2H3. The van der Waals surface area contributed by atoms with Gasteiger partial charge in [-0.05, 0) is 50.2 Å². The Morgan fingerprint density at radius 2 is 1.75 bits per heavy atom. The molecular formula is C29H30N4O3. The first kappa shape index (κ1) is 22.6. The minimum absolute atomic E-state index is 0.0148. The predicted molar refractivity (Wildman–Crippen MR) is 143 cm³/mol. The average molecular weight is 483 g/mol. The molecule has 1 aliphatic heterocycles. The molecule has 0 unspecified atom stereocenters. The summed E-state index contributed by atoms with van der Waals surface area (Å²) < 4.78 is 11.5. The number of ether oxygens (including phenoxy) is 1. The number of carbonyl (C=O) groups is 1. The lowest BCUT2D eigenvalue weighted by Crippen LogP contribution is -2.46. The third-order valence-electron chi connectivity index (χ3n) is 7.08. The van der Waals surface area contributed by atoms with E-state index in [2.05, 4.69) is 33.3 Å². The highest BCUT2D eigenvalue weighted by Crippen LogP contribution is 2.46. The van der Waals surface area contributed by atoms with Gasteiger partial charge in [-0.25, -0.2) is 0 Å². The fourth-order valence-electron chi connectivity index (χ4n) is 5.37. The zero-order chi connectivity index (χ0) is 24.6. The van der Waals surface area contributed by atoms with Gasteiger partial charge in [-0.15, -0.1) is 0 Å². The number of hydrogen-bond donors (Lipinski definition) is 1. The molecule has 1 N–H and O–H groups in total. The molecule has 36 heavy (non-hydrogen) atoms. The van der Waals surface area contributed by atoms with Crippen molar-refractivity contribution in [2.45, 2.75) is 20.3 Å². The first-order chi connectivity index (χ1) is 17.7. The van der Waals surface area contributed by atoms with Crippen molar-refractivity contribution < 1.29 is 14.1 Å². The number of piperazine rings is 1. The topological polar surface area (TPSA) is 70.8 Å². The Morgan fingerprint density at radius 3 is 2.47 bits per heavy atom. The summed E-state index contributed by atoms with van der Waals surface area (Å²) in [7, 11) is 0. The molecule has 2 aliphatic rings. The van der Waals surface area contributed by atoms with E-state index in [1.165, 1.54) is 0 Å². The summed E-state index contributed by atoms with van der Waals surface area (Å²) in [6.07, 6.45) is 1.16. The van der Waals surface area contributed by atoms with E-state index in [-0.39, 0.29) is 5.78 Å². The number of hydrogen-bond acceptors (Lipinski definition) is 7. The van der Waals surface area contributed by atoms with Gasteiger partial charge >= 0.3 is 0 Å². The molecule has 1 fully saturated rings. The van der Waals surface area contributed by atoms with Crippen LogP contribution >= 0.6 is 0 Å². The van der Waals surface area contributed by atoms with E-state index < -0.39 is 0 Å². The first-order valence-electron chi connectivity index (χ1n) is 12.8. The van der Waals surface area contributed by atoms with Crippen molar-refractivity contribution in [3.8, 4) is 17.1 Å². The van der Waals surface area contributed by atoms with Crippen molar-refractivity contribution in [1.29, 1.82) is 0 Å². The van der Waals surface area contributed by atoms with Crippen LogP contribution in [0.1, 0.15) is 36.2 Å². The Morgan fingerprint density at radius 1 is 1.00 bits per heavy atom. The highest BCUT2D eigenvalue weighted by Gasteiger charge is 2.34. The van der Waals surface area contributed by atoms with E-state index in [4.69, 9.17) is 9.26 Å². The number of benzene rings is 3. The van der Waals surface area contributed by atoms with E-state index in [0.29, 0.717) is 23.5 Å². The third kappa shape index (κ3) is 3.80. The van der Waals surface area contributed by atoms with Gasteiger partial charge in [-0.3, -0.25) is 9.69 Å². The summed E-state index contributed by atoms with van der Waals surface area (Å²) >= 11 is 0. The number of ketones is 1. The fourth-order valence-corrected chi connectivity index (χ4v) is 5.37. The van der Waals surface area contributed by atoms with Crippen molar-refractivity contribution in [3.05, 3.63) is 65.7 Å². The largest absolute Gasteiger partial charge is 0.494 e. The maximum Gasteiger partial charge on any atom is 0.196 e. The molecule has 7 nitrogen and oxygen atoms in total. The molecule has 4 aromatic rings. The Hall–Kier alpha value is -3.84. The molecule has 0 amide bonds. The van der Waals surface area contributed by atoms with Crippen molar-refractivity contribution in [2.75, 3.05) is 49.5 Å². The van der Waals surface area contributed by atoms with Crippen LogP contribution < -0.4 is 15.0 Å². The highest BCUT2D eigenvalue weighted by molar-refractivity contribution is 6.28. The van der Waals surface area contributed by atoms with Gasteiger partial charge in [-0.1, -0.05) is 36.3 Å². The molecule has 0 bridgehead atoms. The summed E-state index contributed by atoms with van der Waals surface area (Å²) in [5, 5.41) is 8.82. The van der Waals surface area contributed by atoms with E-state index in [9.17, 15) is 4.79 Å². The SMILES string of the molecule is CCCN1CCN(c2cc(Nc3ccc(OCC)cc3)c3c4c(onc24)-c2ccccc2C3=O)CC1. The lowest BCUT2D eigenvalue weighted by atomic mass is 9.86. The molecule has 184 valence electrons. The predicted octanol–water partition coefficient (Wildman–Crippen LogP) is 5.71. The Kier molecular flexibility index (Phi) is 5.85. The van der Waals surface area contributed by atoms with Gasteiger partial charge in [0, 0.05) is 43.0 Å². The van der Waals surface area contributed by atoms with Crippen LogP contribution in [-0.4, -0.2) is 55.2 Å². The van der Waals surface area contributed by atoms with Crippen molar-refractivity contribution in [2.24, 2.45) is 0 Å². The zero-order valence-electron chi connectivity index (χ0n) is 20.7. The van der Waals surface area contributed by atoms with Crippen molar-refractivity contribution in [1.82, 2.24) is 10.1 Å². The van der Waals surface area contributed by atoms with Crippen LogP contribution in [0.4, 0.5) is 17.1 Å². The van der Waals surface area contributed by atoms with Crippen molar-refractivity contribution in [3.63, 3.8) is 0 Å². The monoisotopic (exact) mass is 482 g/mol. The highest BCUT2D eigenvalue weighted by atomic mass is 16.5. The maximum atomic E-state index is 13.8. The second-order valence-corrected chi connectivity index (χ2v) is 9.34. The minimum atomic E-state index is -0.0148. The van der Waals surface area contributed by atoms with E-state index in [1.54, 1.807) is 0 Å². The van der Waals surface area contributed by atoms with Gasteiger partial charge in [-0.2, -0.15) is 0 Å². The van der Waals surface area contributed by atoms with Crippen LogP contribution in [0.3, 0.4) is 0 Å². The van der Waals surface area contributed by atoms with Gasteiger partial charge in [0.05, 0.1) is 28.9 Å². The van der Waals surface area contributed by atoms with Gasteiger partial charge in [0.15, 0.2) is 11.5 Å². The Balaban J connectivity index is 1.47. The molecule has 1 saturated heterocycles. The molecular weight excluding hydrogens is 452 g/mol. The van der Waals surface area contributed by atoms with Crippen LogP contribution in [-0.2, 0) is 0 Å². The first-order valence-corrected chi connectivity index (χ1v) is 12.8. The number of rotatable bonds is 7. The second kappa shape index (κ2) is 9.32. The quantitative estimate of drug-likeness (QED) is 0.318. The Labute approximate surface area is 210 Å². The number of fused-ring (bicyclic) bond motifs is 2. The number of carbonyl (C=O) groups excluding carboxylic acids is 1. The van der Waals surface area contributed by atoms with Gasteiger partial charge in [0.1, 0.15) is 11.3 Å². The molecule has 6 rings (SSSR count). The van der Waals surface area contributed by atoms with Crippen LogP contribution in [0.5, 0.6) is 5.75 Å². The molecule has 2 heterocycles. The summed E-state index contributed by atoms with van der Waals surface area (Å²) in [5.74, 6) is 1.47. The van der Waals surface area contributed by atoms with Gasteiger partial charge < -0.3 is 19.5 Å². The maximum absolute atomic E-state index is 13.8. The number of nitrogens with zero attached hydrogens (tertiary/aromatic N) is 3. The van der Waals surface area contributed by atoms with Crippen LogP contribution in [0.15, 0.2) is 59.1 Å². The normalized spacial score (nSPS) is 15.3. The molecule has 1 aliphatic carbocycles. The average Bonchev–Trinajstić information content (AvgIpc) is 3.35. The fraction of sp³-hybridized carbons (Fsp3) is 0.310. The number of anilines is 3. The number of aromatic nitrogens is 1. The van der Waals surface area contributed by atoms with E-state index in [0.717, 1.165) is 78.4 Å². The lowest BCUT2D eigenvalue weighted by Gasteiger charge is -2.36. The summed E-state index contributed by atoms with van der Waals surface area (Å²) in [4.78, 5) is 18.7. The Bertz CT molecular complexity index is 1420. The van der Waals surface area contributed by atoms with E-state index in [1.807, 2.05) is 55.5 Å². The van der Waals surface area contributed by atoms with Crippen LogP contribution in [0.2, 0.25) is 0 Å². The van der Waals surface area contributed by atoms with Crippen LogP contribution in [0, 0.1) is 0 Å². The molecule has 0 atom stereocenters. The third-order valence-corrected chi connectivity index (χ3v) is 7.08. The molecule has 7 heteroatoms. The van der Waals surface area contributed by atoms with E-state index >= 15 is 0 Å². The molecule has 0 spiro atoms. The van der Waals surface area contributed by atoms with Gasteiger partial charge in [0.2, 0.25) is 0 Å². The van der Waals surface area contributed by atoms with Crippen molar-refractivity contribution >= 4 is 33.7 Å². The summed E-state index contributed by atoms with van der Waals surface area (Å²) in [5.41, 5.74) is 5.46. The second-order valence-electron chi connectivity index (χ2n) is 9.34. The molecule has 0 radical (unpaired) electrons. The zero-order valence-corrected chi connectivity index (χ0v) is 20.7. The lowest BCUT2D eigenvalue weighted by molar-refractivity contribution is 0.104. The van der Waals surface area contributed by atoms with Crippen LogP contribution in [0.25, 0.3) is 22.2 Å². The smallest absolute Gasteiger partial charge is 0.196 e. The number of nitrogens with one attached hydrogen (secondary N) is 1. The summed E-state index contributed by atoms with van der Waals surface area (Å²) in [6.45, 7) is 9.75. The molecule has 3 aromatic carbocycles. The summed E-state index contributed by atoms with van der Waals surface area (Å²) in [6, 6.07) is 17.5. The molecule has 0 saturated carbocycles. The molecule has 1 aromatic heterocycles.